The number of aliphatic hydroxyl groups excluding tert-OH is 1. The molecule has 0 atom stereocenters. The number of hydrogen-bond donors (Lipinski definition) is 2. The number of rotatable bonds is 7. The average Bonchev–Trinajstić information content (AvgIpc) is 2.96. The lowest BCUT2D eigenvalue weighted by Gasteiger charge is -2.05. The Bertz CT molecular complexity index is 675. The Kier molecular flexibility index (Phi) is 5.52. The molecule has 1 aromatic carbocycles. The molecular weight excluding hydrogens is 306 g/mol. The summed E-state index contributed by atoms with van der Waals surface area (Å²) in [6.45, 7) is 2.38. The van der Waals surface area contributed by atoms with Gasteiger partial charge in [0.1, 0.15) is 4.21 Å². The lowest BCUT2D eigenvalue weighted by atomic mass is 10.1. The van der Waals surface area contributed by atoms with E-state index in [2.05, 4.69) is 11.6 Å². The van der Waals surface area contributed by atoms with Crippen LogP contribution >= 0.6 is 11.3 Å². The molecule has 21 heavy (non-hydrogen) atoms. The summed E-state index contributed by atoms with van der Waals surface area (Å²) in [5.41, 5.74) is 2.16. The first kappa shape index (κ1) is 16.2. The third-order valence-corrected chi connectivity index (χ3v) is 6.20. The Morgan fingerprint density at radius 1 is 1.10 bits per heavy atom. The maximum Gasteiger partial charge on any atom is 0.250 e. The van der Waals surface area contributed by atoms with Gasteiger partial charge in [-0.15, -0.1) is 11.3 Å². The first-order valence-electron chi connectivity index (χ1n) is 6.82. The van der Waals surface area contributed by atoms with E-state index in [0.717, 1.165) is 16.9 Å². The van der Waals surface area contributed by atoms with Gasteiger partial charge in [-0.3, -0.25) is 0 Å². The second-order valence-corrected chi connectivity index (χ2v) is 7.85. The highest BCUT2D eigenvalue weighted by Gasteiger charge is 2.16. The number of nitrogens with one attached hydrogen (secondary N) is 1. The number of sulfonamides is 1. The summed E-state index contributed by atoms with van der Waals surface area (Å²) in [6.07, 6.45) is 1.45. The van der Waals surface area contributed by atoms with Crippen molar-refractivity contribution in [3.8, 4) is 0 Å². The Hall–Kier alpha value is -1.21. The molecule has 114 valence electrons. The van der Waals surface area contributed by atoms with Gasteiger partial charge in [-0.05, 0) is 29.7 Å². The van der Waals surface area contributed by atoms with Crippen molar-refractivity contribution in [2.75, 3.05) is 6.61 Å². The van der Waals surface area contributed by atoms with Crippen LogP contribution in [0.25, 0.3) is 0 Å². The number of benzene rings is 1. The molecule has 0 aliphatic heterocycles. The van der Waals surface area contributed by atoms with Crippen LogP contribution in [0, 0.1) is 0 Å². The van der Waals surface area contributed by atoms with Crippen LogP contribution < -0.4 is 4.72 Å². The molecule has 2 N–H and O–H groups in total. The molecule has 0 saturated heterocycles. The van der Waals surface area contributed by atoms with Gasteiger partial charge in [-0.25, -0.2) is 13.1 Å². The molecule has 4 nitrogen and oxygen atoms in total. The van der Waals surface area contributed by atoms with E-state index < -0.39 is 10.0 Å². The molecular formula is C15H19NO3S2. The lowest BCUT2D eigenvalue weighted by molar-refractivity contribution is 0.300. The molecule has 0 aliphatic carbocycles. The zero-order chi connectivity index (χ0) is 15.3. The van der Waals surface area contributed by atoms with Crippen LogP contribution in [0.1, 0.15) is 22.9 Å². The Labute approximate surface area is 129 Å². The zero-order valence-corrected chi connectivity index (χ0v) is 13.5. The molecule has 0 fully saturated rings. The fraction of sp³-hybridized carbons (Fsp3) is 0.333. The molecule has 0 amide bonds. The van der Waals surface area contributed by atoms with Crippen molar-refractivity contribution in [3.05, 3.63) is 52.4 Å². The minimum atomic E-state index is -3.48. The van der Waals surface area contributed by atoms with Gasteiger partial charge in [0.05, 0.1) is 0 Å². The van der Waals surface area contributed by atoms with Crippen LogP contribution in [0.4, 0.5) is 0 Å². The molecule has 0 spiro atoms. The molecule has 0 saturated carbocycles. The summed E-state index contributed by atoms with van der Waals surface area (Å²) >= 11 is 1.20. The van der Waals surface area contributed by atoms with Crippen molar-refractivity contribution in [2.24, 2.45) is 0 Å². The van der Waals surface area contributed by atoms with Crippen LogP contribution in [0.15, 0.2) is 40.6 Å². The van der Waals surface area contributed by atoms with Crippen LogP contribution in [0.2, 0.25) is 0 Å². The smallest absolute Gasteiger partial charge is 0.250 e. The van der Waals surface area contributed by atoms with Gasteiger partial charge >= 0.3 is 0 Å². The summed E-state index contributed by atoms with van der Waals surface area (Å²) in [5.74, 6) is 0. The number of thiophene rings is 1. The fourth-order valence-corrected chi connectivity index (χ4v) is 4.30. The van der Waals surface area contributed by atoms with E-state index in [1.54, 1.807) is 12.1 Å². The molecule has 6 heteroatoms. The normalized spacial score (nSPS) is 11.7. The average molecular weight is 325 g/mol. The molecule has 0 aliphatic rings. The van der Waals surface area contributed by atoms with Gasteiger partial charge in [-0.2, -0.15) is 0 Å². The Morgan fingerprint density at radius 3 is 2.38 bits per heavy atom. The lowest BCUT2D eigenvalue weighted by Crippen LogP contribution is -2.22. The molecule has 1 aromatic heterocycles. The predicted molar refractivity (Wildman–Crippen MR) is 85.0 cm³/mol. The minimum absolute atomic E-state index is 0.0250. The summed E-state index contributed by atoms with van der Waals surface area (Å²) in [7, 11) is -3.48. The monoisotopic (exact) mass is 325 g/mol. The van der Waals surface area contributed by atoms with Crippen LogP contribution in [-0.2, 0) is 29.4 Å². The Balaban J connectivity index is 2.02. The third kappa shape index (κ3) is 4.38. The van der Waals surface area contributed by atoms with Crippen molar-refractivity contribution in [1.82, 2.24) is 4.72 Å². The molecule has 0 unspecified atom stereocenters. The van der Waals surface area contributed by atoms with Crippen LogP contribution in [-0.4, -0.2) is 20.1 Å². The molecule has 0 bridgehead atoms. The Morgan fingerprint density at radius 2 is 1.76 bits per heavy atom. The van der Waals surface area contributed by atoms with E-state index in [1.807, 2.05) is 24.3 Å². The van der Waals surface area contributed by atoms with E-state index in [0.29, 0.717) is 6.42 Å². The molecule has 0 radical (unpaired) electrons. The minimum Gasteiger partial charge on any atom is -0.396 e. The first-order valence-corrected chi connectivity index (χ1v) is 9.12. The van der Waals surface area contributed by atoms with Crippen molar-refractivity contribution < 1.29 is 13.5 Å². The van der Waals surface area contributed by atoms with Gasteiger partial charge in [0.25, 0.3) is 0 Å². The van der Waals surface area contributed by atoms with Gasteiger partial charge in [0.2, 0.25) is 10.0 Å². The highest BCUT2D eigenvalue weighted by molar-refractivity contribution is 7.91. The van der Waals surface area contributed by atoms with E-state index in [-0.39, 0.29) is 17.4 Å². The summed E-state index contributed by atoms with van der Waals surface area (Å²) in [4.78, 5) is 0.866. The maximum absolute atomic E-state index is 12.2. The van der Waals surface area contributed by atoms with Gasteiger partial charge < -0.3 is 5.11 Å². The van der Waals surface area contributed by atoms with E-state index in [1.165, 1.54) is 16.9 Å². The van der Waals surface area contributed by atoms with Crippen molar-refractivity contribution in [1.29, 1.82) is 0 Å². The zero-order valence-electron chi connectivity index (χ0n) is 11.9. The quantitative estimate of drug-likeness (QED) is 0.821. The standard InChI is InChI=1S/C15H19NO3S2/c1-2-12-3-5-13(6-4-12)11-16-21(18,19)15-8-7-14(20-15)9-10-17/h3-8,16-17H,2,9-11H2,1H3. The first-order chi connectivity index (χ1) is 10.0. The summed E-state index contributed by atoms with van der Waals surface area (Å²) in [6, 6.07) is 11.2. The predicted octanol–water partition coefficient (Wildman–Crippen LogP) is 2.32. The second kappa shape index (κ2) is 7.17. The maximum atomic E-state index is 12.2. The van der Waals surface area contributed by atoms with E-state index in [4.69, 9.17) is 5.11 Å². The van der Waals surface area contributed by atoms with E-state index in [9.17, 15) is 8.42 Å². The third-order valence-electron chi connectivity index (χ3n) is 3.16. The number of hydrogen-bond acceptors (Lipinski definition) is 4. The van der Waals surface area contributed by atoms with Gasteiger partial charge in [0, 0.05) is 24.4 Å². The van der Waals surface area contributed by atoms with Crippen LogP contribution in [0.3, 0.4) is 0 Å². The SMILES string of the molecule is CCc1ccc(CNS(=O)(=O)c2ccc(CCO)s2)cc1. The number of aliphatic hydroxyl groups is 1. The van der Waals surface area contributed by atoms with Crippen molar-refractivity contribution in [3.63, 3.8) is 0 Å². The topological polar surface area (TPSA) is 66.4 Å². The van der Waals surface area contributed by atoms with Gasteiger partial charge in [0.15, 0.2) is 0 Å². The largest absolute Gasteiger partial charge is 0.396 e. The van der Waals surface area contributed by atoms with Crippen molar-refractivity contribution in [2.45, 2.75) is 30.5 Å². The summed E-state index contributed by atoms with van der Waals surface area (Å²) in [5, 5.41) is 8.87. The fourth-order valence-electron chi connectivity index (χ4n) is 1.89. The number of aryl methyl sites for hydroxylation is 1. The summed E-state index contributed by atoms with van der Waals surface area (Å²) < 4.78 is 27.3. The molecule has 2 aromatic rings. The highest BCUT2D eigenvalue weighted by atomic mass is 32.2. The van der Waals surface area contributed by atoms with E-state index >= 15 is 0 Å². The second-order valence-electron chi connectivity index (χ2n) is 4.69. The van der Waals surface area contributed by atoms with Gasteiger partial charge in [-0.1, -0.05) is 31.2 Å². The van der Waals surface area contributed by atoms with Crippen molar-refractivity contribution >= 4 is 21.4 Å². The highest BCUT2D eigenvalue weighted by Crippen LogP contribution is 2.22. The molecule has 1 heterocycles. The van der Waals surface area contributed by atoms with Crippen LogP contribution in [0.5, 0.6) is 0 Å². The molecule has 2 rings (SSSR count).